The molecule has 0 unspecified atom stereocenters. The first-order valence-electron chi connectivity index (χ1n) is 7.10. The van der Waals surface area contributed by atoms with Gasteiger partial charge in [0.2, 0.25) is 5.91 Å². The average molecular weight is 322 g/mol. The lowest BCUT2D eigenvalue weighted by atomic mass is 10.0. The summed E-state index contributed by atoms with van der Waals surface area (Å²) in [6.45, 7) is 2.56. The Labute approximate surface area is 129 Å². The van der Waals surface area contributed by atoms with Crippen molar-refractivity contribution in [1.29, 1.82) is 0 Å². The fourth-order valence-electron chi connectivity index (χ4n) is 2.46. The maximum Gasteiger partial charge on any atom is 0.285 e. The van der Waals surface area contributed by atoms with Gasteiger partial charge in [0.15, 0.2) is 5.84 Å². The van der Waals surface area contributed by atoms with E-state index < -0.39 is 10.0 Å². The fourth-order valence-corrected chi connectivity index (χ4v) is 3.71. The van der Waals surface area contributed by atoms with Crippen LogP contribution < -0.4 is 10.6 Å². The van der Waals surface area contributed by atoms with Gasteiger partial charge < -0.3 is 15.5 Å². The van der Waals surface area contributed by atoms with Gasteiger partial charge in [-0.25, -0.2) is 0 Å². The van der Waals surface area contributed by atoms with Crippen molar-refractivity contribution in [2.24, 2.45) is 10.3 Å². The smallest absolute Gasteiger partial charge is 0.285 e. The first-order valence-corrected chi connectivity index (χ1v) is 8.54. The van der Waals surface area contributed by atoms with Gasteiger partial charge in [0, 0.05) is 38.2 Å². The quantitative estimate of drug-likeness (QED) is 0.773. The Hall–Kier alpha value is -1.93. The van der Waals surface area contributed by atoms with Crippen LogP contribution in [-0.4, -0.2) is 58.3 Å². The number of nitrogens with one attached hydrogen (secondary N) is 2. The second kappa shape index (κ2) is 5.69. The molecule has 22 heavy (non-hydrogen) atoms. The summed E-state index contributed by atoms with van der Waals surface area (Å²) in [6, 6.07) is 6.65. The summed E-state index contributed by atoms with van der Waals surface area (Å²) in [5.41, 5.74) is 0.543. The maximum absolute atomic E-state index is 12.0. The molecule has 1 aromatic rings. The number of carbonyl (C=O) groups excluding carboxylic acids is 1. The van der Waals surface area contributed by atoms with Crippen molar-refractivity contribution in [3.8, 4) is 0 Å². The van der Waals surface area contributed by atoms with Gasteiger partial charge in [-0.05, 0) is 12.1 Å². The number of carbonyl (C=O) groups is 1. The second-order valence-corrected chi connectivity index (χ2v) is 7.14. The highest BCUT2D eigenvalue weighted by molar-refractivity contribution is 7.90. The summed E-state index contributed by atoms with van der Waals surface area (Å²) in [7, 11) is -1.98. The number of sulfonamides is 1. The van der Waals surface area contributed by atoms with Crippen molar-refractivity contribution in [3.63, 3.8) is 0 Å². The molecule has 0 aliphatic carbocycles. The number of rotatable bonds is 4. The van der Waals surface area contributed by atoms with Crippen LogP contribution in [0.5, 0.6) is 0 Å². The van der Waals surface area contributed by atoms with Crippen molar-refractivity contribution < 1.29 is 13.2 Å². The molecule has 1 amide bonds. The number of amides is 1. The molecule has 0 saturated carbocycles. The molecule has 1 fully saturated rings. The molecule has 2 aliphatic heterocycles. The van der Waals surface area contributed by atoms with Crippen molar-refractivity contribution in [2.45, 2.75) is 4.90 Å². The van der Waals surface area contributed by atoms with Crippen LogP contribution >= 0.6 is 0 Å². The standard InChI is InChI=1S/C14H18N4O3S/c1-18(9-13(19)16-8-10-6-15-7-10)14-11-4-2-3-5-12(11)22(20,21)17-14/h2-5,10,15H,6-9H2,1H3,(H,16,19). The molecule has 7 nitrogen and oxygen atoms in total. The molecule has 0 aromatic heterocycles. The minimum atomic E-state index is -3.65. The largest absolute Gasteiger partial charge is 0.354 e. The predicted molar refractivity (Wildman–Crippen MR) is 82.2 cm³/mol. The minimum absolute atomic E-state index is 0.0723. The molecule has 1 aromatic carbocycles. The first-order chi connectivity index (χ1) is 10.5. The predicted octanol–water partition coefficient (Wildman–Crippen LogP) is -0.597. The van der Waals surface area contributed by atoms with Crippen molar-refractivity contribution in [1.82, 2.24) is 15.5 Å². The van der Waals surface area contributed by atoms with Gasteiger partial charge in [0.1, 0.15) is 4.90 Å². The zero-order valence-electron chi connectivity index (χ0n) is 12.2. The normalized spacial score (nSPS) is 19.0. The molecule has 2 N–H and O–H groups in total. The molecule has 2 heterocycles. The first kappa shape index (κ1) is 15.0. The van der Waals surface area contributed by atoms with Gasteiger partial charge in [-0.3, -0.25) is 4.79 Å². The lowest BCUT2D eigenvalue weighted by Crippen LogP contribution is -2.49. The van der Waals surface area contributed by atoms with E-state index in [0.29, 0.717) is 23.9 Å². The summed E-state index contributed by atoms with van der Waals surface area (Å²) >= 11 is 0. The highest BCUT2D eigenvalue weighted by atomic mass is 32.2. The van der Waals surface area contributed by atoms with Crippen LogP contribution in [0.4, 0.5) is 0 Å². The third-order valence-corrected chi connectivity index (χ3v) is 5.13. The molecule has 1 saturated heterocycles. The minimum Gasteiger partial charge on any atom is -0.354 e. The lowest BCUT2D eigenvalue weighted by molar-refractivity contribution is -0.121. The zero-order chi connectivity index (χ0) is 15.7. The summed E-state index contributed by atoms with van der Waals surface area (Å²) in [4.78, 5) is 13.7. The van der Waals surface area contributed by atoms with E-state index in [4.69, 9.17) is 0 Å². The van der Waals surface area contributed by atoms with Gasteiger partial charge in [0.25, 0.3) is 10.0 Å². The van der Waals surface area contributed by atoms with E-state index in [1.165, 1.54) is 6.07 Å². The highest BCUT2D eigenvalue weighted by Gasteiger charge is 2.31. The second-order valence-electron chi connectivity index (χ2n) is 5.57. The van der Waals surface area contributed by atoms with Crippen molar-refractivity contribution >= 4 is 21.8 Å². The van der Waals surface area contributed by atoms with E-state index in [-0.39, 0.29) is 17.3 Å². The number of fused-ring (bicyclic) bond motifs is 1. The summed E-state index contributed by atoms with van der Waals surface area (Å²) < 4.78 is 27.8. The molecule has 0 spiro atoms. The SMILES string of the molecule is CN(CC(=O)NCC1CNC1)C1=NS(=O)(=O)c2ccccc21. The van der Waals surface area contributed by atoms with Crippen LogP contribution in [0, 0.1) is 5.92 Å². The van der Waals surface area contributed by atoms with E-state index in [1.54, 1.807) is 30.1 Å². The molecule has 0 radical (unpaired) electrons. The fraction of sp³-hybridized carbons (Fsp3) is 0.429. The maximum atomic E-state index is 12.0. The van der Waals surface area contributed by atoms with Crippen LogP contribution in [0.2, 0.25) is 0 Å². The topological polar surface area (TPSA) is 90.9 Å². The molecule has 3 rings (SSSR count). The van der Waals surface area contributed by atoms with Crippen LogP contribution in [0.15, 0.2) is 33.6 Å². The Balaban J connectivity index is 1.67. The Kier molecular flexibility index (Phi) is 3.88. The Morgan fingerprint density at radius 2 is 2.14 bits per heavy atom. The Morgan fingerprint density at radius 3 is 2.82 bits per heavy atom. The Bertz CT molecular complexity index is 725. The summed E-state index contributed by atoms with van der Waals surface area (Å²) in [5, 5.41) is 6.00. The molecule has 0 bridgehead atoms. The number of hydrogen-bond acceptors (Lipinski definition) is 5. The summed E-state index contributed by atoms with van der Waals surface area (Å²) in [5.74, 6) is 0.661. The van der Waals surface area contributed by atoms with Gasteiger partial charge in [-0.2, -0.15) is 8.42 Å². The average Bonchev–Trinajstić information content (AvgIpc) is 2.70. The number of likely N-dealkylation sites (N-methyl/N-ethyl adjacent to an activating group) is 1. The zero-order valence-corrected chi connectivity index (χ0v) is 13.1. The highest BCUT2D eigenvalue weighted by Crippen LogP contribution is 2.26. The number of amidine groups is 1. The number of benzene rings is 1. The van der Waals surface area contributed by atoms with Gasteiger partial charge in [0.05, 0.1) is 6.54 Å². The molecule has 8 heteroatoms. The summed E-state index contributed by atoms with van der Waals surface area (Å²) in [6.07, 6.45) is 0. The third-order valence-electron chi connectivity index (χ3n) is 3.81. The van der Waals surface area contributed by atoms with Crippen LogP contribution in [0.25, 0.3) is 0 Å². The number of nitrogens with zero attached hydrogens (tertiary/aromatic N) is 2. The number of hydrogen-bond donors (Lipinski definition) is 2. The lowest BCUT2D eigenvalue weighted by Gasteiger charge is -2.27. The van der Waals surface area contributed by atoms with Crippen LogP contribution in [0.3, 0.4) is 0 Å². The van der Waals surface area contributed by atoms with E-state index >= 15 is 0 Å². The third kappa shape index (κ3) is 2.84. The molecular weight excluding hydrogens is 304 g/mol. The molecule has 0 atom stereocenters. The van der Waals surface area contributed by atoms with Gasteiger partial charge in [-0.1, -0.05) is 12.1 Å². The van der Waals surface area contributed by atoms with E-state index in [0.717, 1.165) is 13.1 Å². The molecule has 118 valence electrons. The van der Waals surface area contributed by atoms with Crippen LogP contribution in [-0.2, 0) is 14.8 Å². The van der Waals surface area contributed by atoms with Gasteiger partial charge >= 0.3 is 0 Å². The monoisotopic (exact) mass is 322 g/mol. The van der Waals surface area contributed by atoms with Gasteiger partial charge in [-0.15, -0.1) is 4.40 Å². The van der Waals surface area contributed by atoms with E-state index in [2.05, 4.69) is 15.0 Å². The Morgan fingerprint density at radius 1 is 1.41 bits per heavy atom. The van der Waals surface area contributed by atoms with Crippen molar-refractivity contribution in [3.05, 3.63) is 29.8 Å². The van der Waals surface area contributed by atoms with Crippen LogP contribution in [0.1, 0.15) is 5.56 Å². The molecular formula is C14H18N4O3S. The van der Waals surface area contributed by atoms with E-state index in [1.807, 2.05) is 0 Å². The molecule has 2 aliphatic rings. The van der Waals surface area contributed by atoms with Crippen molar-refractivity contribution in [2.75, 3.05) is 33.2 Å². The van der Waals surface area contributed by atoms with E-state index in [9.17, 15) is 13.2 Å².